The Kier molecular flexibility index (Phi) is 2.30. The Bertz CT molecular complexity index is 580. The van der Waals surface area contributed by atoms with Crippen molar-refractivity contribution in [2.24, 2.45) is 0 Å². The van der Waals surface area contributed by atoms with E-state index in [2.05, 4.69) is 20.8 Å². The van der Waals surface area contributed by atoms with Gasteiger partial charge < -0.3 is 9.52 Å². The number of aliphatic hydroxyl groups is 1. The lowest BCUT2D eigenvalue weighted by atomic mass is 9.79. The lowest BCUT2D eigenvalue weighted by molar-refractivity contribution is 0.151. The van der Waals surface area contributed by atoms with Crippen LogP contribution in [0, 0.1) is 13.8 Å². The summed E-state index contributed by atoms with van der Waals surface area (Å²) in [6, 6.07) is 2.03. The van der Waals surface area contributed by atoms with Crippen LogP contribution in [0.1, 0.15) is 54.0 Å². The average molecular weight is 230 g/mol. The van der Waals surface area contributed by atoms with Gasteiger partial charge in [-0.2, -0.15) is 0 Å². The largest absolute Gasteiger partial charge is 0.464 e. The van der Waals surface area contributed by atoms with E-state index in [1.165, 1.54) is 22.1 Å². The van der Waals surface area contributed by atoms with Crippen molar-refractivity contribution in [3.8, 4) is 0 Å². The molecule has 0 aliphatic heterocycles. The van der Waals surface area contributed by atoms with Crippen LogP contribution in [0.5, 0.6) is 0 Å². The van der Waals surface area contributed by atoms with Crippen LogP contribution in [0.25, 0.3) is 11.0 Å². The van der Waals surface area contributed by atoms with Crippen molar-refractivity contribution in [2.45, 2.75) is 45.6 Å². The summed E-state index contributed by atoms with van der Waals surface area (Å²) in [5, 5.41) is 11.4. The number of hydrogen-bond donors (Lipinski definition) is 1. The van der Waals surface area contributed by atoms with Gasteiger partial charge in [0.1, 0.15) is 5.58 Å². The Balaban J connectivity index is 2.39. The molecule has 2 aromatic rings. The monoisotopic (exact) mass is 230 g/mol. The molecule has 0 amide bonds. The molecule has 0 spiro atoms. The summed E-state index contributed by atoms with van der Waals surface area (Å²) in [5.41, 5.74) is 5.79. The second kappa shape index (κ2) is 3.61. The van der Waals surface area contributed by atoms with E-state index in [9.17, 15) is 5.11 Å². The molecule has 1 aliphatic rings. The van der Waals surface area contributed by atoms with Gasteiger partial charge in [-0.25, -0.2) is 0 Å². The Morgan fingerprint density at radius 2 is 2.06 bits per heavy atom. The van der Waals surface area contributed by atoms with Gasteiger partial charge in [0.15, 0.2) is 0 Å². The third kappa shape index (κ3) is 1.44. The van der Waals surface area contributed by atoms with Gasteiger partial charge in [-0.1, -0.05) is 6.92 Å². The fourth-order valence-corrected chi connectivity index (χ4v) is 3.26. The maximum absolute atomic E-state index is 10.1. The van der Waals surface area contributed by atoms with Crippen molar-refractivity contribution in [1.82, 2.24) is 0 Å². The van der Waals surface area contributed by atoms with E-state index in [1.807, 2.05) is 6.07 Å². The van der Waals surface area contributed by atoms with Crippen molar-refractivity contribution in [3.63, 3.8) is 0 Å². The fraction of sp³-hybridized carbons (Fsp3) is 0.467. The van der Waals surface area contributed by atoms with Crippen LogP contribution in [-0.2, 0) is 0 Å². The first-order valence-electron chi connectivity index (χ1n) is 6.29. The molecule has 2 atom stereocenters. The third-order valence-electron chi connectivity index (χ3n) is 4.10. The molecule has 0 saturated heterocycles. The molecule has 1 heterocycles. The number of benzene rings is 1. The van der Waals surface area contributed by atoms with Crippen LogP contribution in [0.2, 0.25) is 0 Å². The van der Waals surface area contributed by atoms with Gasteiger partial charge in [0.05, 0.1) is 12.4 Å². The number of aryl methyl sites for hydroxylation is 2. The van der Waals surface area contributed by atoms with E-state index in [0.29, 0.717) is 5.92 Å². The van der Waals surface area contributed by atoms with Crippen LogP contribution < -0.4 is 0 Å². The lowest BCUT2D eigenvalue weighted by Crippen LogP contribution is -2.14. The minimum absolute atomic E-state index is 0.324. The summed E-state index contributed by atoms with van der Waals surface area (Å²) in [6.07, 6.45) is 3.41. The van der Waals surface area contributed by atoms with E-state index in [0.717, 1.165) is 24.0 Å². The van der Waals surface area contributed by atoms with E-state index in [-0.39, 0.29) is 6.10 Å². The van der Waals surface area contributed by atoms with Gasteiger partial charge in [-0.05, 0) is 60.9 Å². The number of aliphatic hydroxyl groups excluding tert-OH is 1. The van der Waals surface area contributed by atoms with Crippen molar-refractivity contribution >= 4 is 11.0 Å². The zero-order valence-corrected chi connectivity index (χ0v) is 10.6. The number of fused-ring (bicyclic) bond motifs is 2. The SMILES string of the molecule is Cc1coc2cc3c(c(C)c12)[C@@H](C)CC[C@@H]3O. The second-order valence-electron chi connectivity index (χ2n) is 5.29. The van der Waals surface area contributed by atoms with E-state index >= 15 is 0 Å². The fourth-order valence-electron chi connectivity index (χ4n) is 3.26. The highest BCUT2D eigenvalue weighted by atomic mass is 16.3. The zero-order chi connectivity index (χ0) is 12.2. The molecule has 1 aromatic carbocycles. The van der Waals surface area contributed by atoms with Crippen LogP contribution in [0.3, 0.4) is 0 Å². The van der Waals surface area contributed by atoms with Gasteiger partial charge in [-0.15, -0.1) is 0 Å². The molecule has 1 aliphatic carbocycles. The van der Waals surface area contributed by atoms with Crippen LogP contribution in [-0.4, -0.2) is 5.11 Å². The first kappa shape index (κ1) is 10.8. The van der Waals surface area contributed by atoms with Gasteiger partial charge >= 0.3 is 0 Å². The quantitative estimate of drug-likeness (QED) is 0.742. The molecule has 90 valence electrons. The minimum Gasteiger partial charge on any atom is -0.464 e. The van der Waals surface area contributed by atoms with E-state index in [4.69, 9.17) is 4.42 Å². The maximum Gasteiger partial charge on any atom is 0.134 e. The third-order valence-corrected chi connectivity index (χ3v) is 4.10. The van der Waals surface area contributed by atoms with E-state index in [1.54, 1.807) is 6.26 Å². The summed E-state index contributed by atoms with van der Waals surface area (Å²) in [6.45, 7) is 6.48. The summed E-state index contributed by atoms with van der Waals surface area (Å²) in [7, 11) is 0. The predicted molar refractivity (Wildman–Crippen MR) is 68.3 cm³/mol. The van der Waals surface area contributed by atoms with Gasteiger partial charge in [0, 0.05) is 5.39 Å². The zero-order valence-electron chi connectivity index (χ0n) is 10.6. The highest BCUT2D eigenvalue weighted by Crippen LogP contribution is 2.42. The molecule has 0 saturated carbocycles. The molecule has 0 radical (unpaired) electrons. The molecule has 0 unspecified atom stereocenters. The average Bonchev–Trinajstić information content (AvgIpc) is 2.66. The summed E-state index contributed by atoms with van der Waals surface area (Å²) in [4.78, 5) is 0. The second-order valence-corrected chi connectivity index (χ2v) is 5.29. The summed E-state index contributed by atoms with van der Waals surface area (Å²) >= 11 is 0. The molecule has 17 heavy (non-hydrogen) atoms. The Labute approximate surface area is 101 Å². The van der Waals surface area contributed by atoms with Crippen LogP contribution in [0.15, 0.2) is 16.7 Å². The van der Waals surface area contributed by atoms with Crippen molar-refractivity contribution in [2.75, 3.05) is 0 Å². The highest BCUT2D eigenvalue weighted by Gasteiger charge is 2.27. The Morgan fingerprint density at radius 1 is 1.29 bits per heavy atom. The smallest absolute Gasteiger partial charge is 0.134 e. The molecule has 3 rings (SSSR count). The number of hydrogen-bond acceptors (Lipinski definition) is 2. The first-order chi connectivity index (χ1) is 8.09. The van der Waals surface area contributed by atoms with Crippen molar-refractivity contribution in [3.05, 3.63) is 34.6 Å². The maximum atomic E-state index is 10.1. The first-order valence-corrected chi connectivity index (χ1v) is 6.29. The highest BCUT2D eigenvalue weighted by molar-refractivity contribution is 5.86. The van der Waals surface area contributed by atoms with Gasteiger partial charge in [0.25, 0.3) is 0 Å². The molecule has 2 nitrogen and oxygen atoms in total. The molecule has 0 bridgehead atoms. The summed E-state index contributed by atoms with van der Waals surface area (Å²) < 4.78 is 5.57. The lowest BCUT2D eigenvalue weighted by Gasteiger charge is -2.28. The molecular weight excluding hydrogens is 212 g/mol. The minimum atomic E-state index is -0.324. The molecule has 1 aromatic heterocycles. The molecular formula is C15H18O2. The van der Waals surface area contributed by atoms with Crippen LogP contribution in [0.4, 0.5) is 0 Å². The van der Waals surface area contributed by atoms with Crippen molar-refractivity contribution in [1.29, 1.82) is 0 Å². The predicted octanol–water partition coefficient (Wildman–Crippen LogP) is 3.98. The summed E-state index contributed by atoms with van der Waals surface area (Å²) in [5.74, 6) is 0.534. The molecule has 2 heteroatoms. The standard InChI is InChI=1S/C15H18O2/c1-8-4-5-12(16)11-6-13-15(9(2)7-17-13)10(3)14(8)11/h6-8,12,16H,4-5H2,1-3H3/t8-,12-/m0/s1. The van der Waals surface area contributed by atoms with Crippen LogP contribution >= 0.6 is 0 Å². The van der Waals surface area contributed by atoms with Gasteiger partial charge in [0.2, 0.25) is 0 Å². The Hall–Kier alpha value is -1.28. The van der Waals surface area contributed by atoms with Gasteiger partial charge in [-0.3, -0.25) is 0 Å². The number of rotatable bonds is 0. The van der Waals surface area contributed by atoms with E-state index < -0.39 is 0 Å². The van der Waals surface area contributed by atoms with Crippen molar-refractivity contribution < 1.29 is 9.52 Å². The Morgan fingerprint density at radius 3 is 2.82 bits per heavy atom. The topological polar surface area (TPSA) is 33.4 Å². The number of furan rings is 1. The molecule has 0 fully saturated rings. The molecule has 1 N–H and O–H groups in total. The normalized spacial score (nSPS) is 24.0.